The molecule has 2 aromatic rings. The summed E-state index contributed by atoms with van der Waals surface area (Å²) in [4.78, 5) is 14.8. The van der Waals surface area contributed by atoms with E-state index in [4.69, 9.17) is 4.74 Å². The highest BCUT2D eigenvalue weighted by molar-refractivity contribution is 5.82. The lowest BCUT2D eigenvalue weighted by atomic mass is 9.94. The lowest BCUT2D eigenvalue weighted by Crippen LogP contribution is -2.46. The second-order valence-electron chi connectivity index (χ2n) is 6.52. The largest absolute Gasteiger partial charge is 0.480 e. The van der Waals surface area contributed by atoms with Gasteiger partial charge in [0.05, 0.1) is 5.69 Å². The van der Waals surface area contributed by atoms with E-state index in [0.29, 0.717) is 12.3 Å². The first-order valence-electron chi connectivity index (χ1n) is 8.26. The molecule has 23 heavy (non-hydrogen) atoms. The number of para-hydroxylation sites is 1. The van der Waals surface area contributed by atoms with Crippen molar-refractivity contribution in [1.82, 2.24) is 15.1 Å². The van der Waals surface area contributed by atoms with Crippen LogP contribution in [0.3, 0.4) is 0 Å². The molecule has 2 aliphatic rings. The van der Waals surface area contributed by atoms with E-state index in [1.807, 2.05) is 36.1 Å². The molecule has 0 saturated carbocycles. The standard InChI is InChI=1S/C18H21N3O2/c1-12-9-15(20-19-12)14-6-4-8-21(11-14)18(22)17-10-13-5-2-3-7-16(13)23-17/h2-3,5,7,9,14,17H,4,6,8,10-11H2,1H3,(H,19,20). The molecule has 2 atom stereocenters. The van der Waals surface area contributed by atoms with Gasteiger partial charge in [0.25, 0.3) is 5.91 Å². The fraction of sp³-hybridized carbons (Fsp3) is 0.444. The molecule has 0 spiro atoms. The number of hydrogen-bond acceptors (Lipinski definition) is 3. The van der Waals surface area contributed by atoms with Gasteiger partial charge in [0.1, 0.15) is 5.75 Å². The van der Waals surface area contributed by atoms with Crippen LogP contribution in [0.1, 0.15) is 35.7 Å². The summed E-state index contributed by atoms with van der Waals surface area (Å²) in [5.41, 5.74) is 3.26. The number of H-pyrrole nitrogens is 1. The summed E-state index contributed by atoms with van der Waals surface area (Å²) in [7, 11) is 0. The lowest BCUT2D eigenvalue weighted by molar-refractivity contribution is -0.139. The zero-order valence-electron chi connectivity index (χ0n) is 13.3. The quantitative estimate of drug-likeness (QED) is 0.926. The van der Waals surface area contributed by atoms with Gasteiger partial charge in [0.15, 0.2) is 6.10 Å². The minimum absolute atomic E-state index is 0.109. The highest BCUT2D eigenvalue weighted by atomic mass is 16.5. The van der Waals surface area contributed by atoms with E-state index < -0.39 is 0 Å². The first-order valence-corrected chi connectivity index (χ1v) is 8.26. The van der Waals surface area contributed by atoms with E-state index in [0.717, 1.165) is 48.6 Å². The van der Waals surface area contributed by atoms with Gasteiger partial charge in [-0.05, 0) is 37.5 Å². The Morgan fingerprint density at radius 2 is 2.26 bits per heavy atom. The molecule has 5 heteroatoms. The Morgan fingerprint density at radius 3 is 3.04 bits per heavy atom. The molecule has 120 valence electrons. The van der Waals surface area contributed by atoms with E-state index in [-0.39, 0.29) is 12.0 Å². The van der Waals surface area contributed by atoms with Gasteiger partial charge >= 0.3 is 0 Å². The molecular weight excluding hydrogens is 290 g/mol. The fourth-order valence-electron chi connectivity index (χ4n) is 3.59. The van der Waals surface area contributed by atoms with Gasteiger partial charge in [-0.1, -0.05) is 18.2 Å². The summed E-state index contributed by atoms with van der Waals surface area (Å²) in [5, 5.41) is 7.37. The maximum atomic E-state index is 12.8. The van der Waals surface area contributed by atoms with Crippen LogP contribution in [0.5, 0.6) is 5.75 Å². The summed E-state index contributed by atoms with van der Waals surface area (Å²) in [6.07, 6.45) is 2.41. The number of aromatic amines is 1. The average Bonchev–Trinajstić information content (AvgIpc) is 3.20. The van der Waals surface area contributed by atoms with Crippen LogP contribution in [-0.4, -0.2) is 40.2 Å². The van der Waals surface area contributed by atoms with Crippen LogP contribution in [0, 0.1) is 6.92 Å². The van der Waals surface area contributed by atoms with E-state index in [1.165, 1.54) is 0 Å². The number of hydrogen-bond donors (Lipinski definition) is 1. The molecule has 2 aliphatic heterocycles. The number of amides is 1. The van der Waals surface area contributed by atoms with Crippen molar-refractivity contribution in [3.63, 3.8) is 0 Å². The summed E-state index contributed by atoms with van der Waals surface area (Å²) in [6, 6.07) is 10.00. The topological polar surface area (TPSA) is 58.2 Å². The van der Waals surface area contributed by atoms with Crippen molar-refractivity contribution in [1.29, 1.82) is 0 Å². The van der Waals surface area contributed by atoms with Crippen molar-refractivity contribution in [2.75, 3.05) is 13.1 Å². The molecule has 1 fully saturated rings. The molecule has 1 N–H and O–H groups in total. The van der Waals surface area contributed by atoms with Gasteiger partial charge in [-0.3, -0.25) is 9.89 Å². The third kappa shape index (κ3) is 2.71. The van der Waals surface area contributed by atoms with Gasteiger partial charge in [0, 0.05) is 31.1 Å². The van der Waals surface area contributed by atoms with E-state index >= 15 is 0 Å². The Bertz CT molecular complexity index is 700. The predicted octanol–water partition coefficient (Wildman–Crippen LogP) is 2.43. The molecule has 1 aromatic heterocycles. The number of nitrogens with one attached hydrogen (secondary N) is 1. The maximum Gasteiger partial charge on any atom is 0.264 e. The van der Waals surface area contributed by atoms with E-state index in [2.05, 4.69) is 16.3 Å². The zero-order chi connectivity index (χ0) is 15.8. The smallest absolute Gasteiger partial charge is 0.264 e. The van der Waals surface area contributed by atoms with Crippen molar-refractivity contribution in [3.05, 3.63) is 47.3 Å². The van der Waals surface area contributed by atoms with Crippen LogP contribution >= 0.6 is 0 Å². The second-order valence-corrected chi connectivity index (χ2v) is 6.52. The molecule has 3 heterocycles. The van der Waals surface area contributed by atoms with Gasteiger partial charge < -0.3 is 9.64 Å². The van der Waals surface area contributed by atoms with Gasteiger partial charge in [0.2, 0.25) is 0 Å². The number of likely N-dealkylation sites (tertiary alicyclic amines) is 1. The molecule has 5 nitrogen and oxygen atoms in total. The summed E-state index contributed by atoms with van der Waals surface area (Å²) in [5.74, 6) is 1.28. The first-order chi connectivity index (χ1) is 11.2. The Balaban J connectivity index is 1.45. The zero-order valence-corrected chi connectivity index (χ0v) is 13.3. The molecule has 1 aromatic carbocycles. The number of aryl methyl sites for hydroxylation is 1. The minimum atomic E-state index is -0.368. The van der Waals surface area contributed by atoms with Gasteiger partial charge in [-0.15, -0.1) is 0 Å². The highest BCUT2D eigenvalue weighted by Gasteiger charge is 2.35. The number of carbonyl (C=O) groups excluding carboxylic acids is 1. The fourth-order valence-corrected chi connectivity index (χ4v) is 3.59. The van der Waals surface area contributed by atoms with Gasteiger partial charge in [-0.25, -0.2) is 0 Å². The number of nitrogens with zero attached hydrogens (tertiary/aromatic N) is 2. The predicted molar refractivity (Wildman–Crippen MR) is 86.4 cm³/mol. The van der Waals surface area contributed by atoms with Crippen molar-refractivity contribution < 1.29 is 9.53 Å². The van der Waals surface area contributed by atoms with Crippen molar-refractivity contribution in [3.8, 4) is 5.75 Å². The summed E-state index contributed by atoms with van der Waals surface area (Å²) in [6.45, 7) is 3.56. The number of aromatic nitrogens is 2. The number of piperidine rings is 1. The van der Waals surface area contributed by atoms with Crippen LogP contribution in [0.15, 0.2) is 30.3 Å². The third-order valence-electron chi connectivity index (χ3n) is 4.80. The van der Waals surface area contributed by atoms with Crippen LogP contribution < -0.4 is 4.74 Å². The van der Waals surface area contributed by atoms with Crippen LogP contribution in [0.4, 0.5) is 0 Å². The Hall–Kier alpha value is -2.30. The van der Waals surface area contributed by atoms with E-state index in [9.17, 15) is 4.79 Å². The molecule has 1 amide bonds. The number of ether oxygens (including phenoxy) is 1. The Labute approximate surface area is 135 Å². The average molecular weight is 311 g/mol. The third-order valence-corrected chi connectivity index (χ3v) is 4.80. The number of fused-ring (bicyclic) bond motifs is 1. The van der Waals surface area contributed by atoms with Gasteiger partial charge in [-0.2, -0.15) is 5.10 Å². The molecule has 2 unspecified atom stereocenters. The Morgan fingerprint density at radius 1 is 1.39 bits per heavy atom. The molecule has 0 bridgehead atoms. The number of rotatable bonds is 2. The lowest BCUT2D eigenvalue weighted by Gasteiger charge is -2.33. The van der Waals surface area contributed by atoms with Crippen LogP contribution in [0.25, 0.3) is 0 Å². The van der Waals surface area contributed by atoms with Crippen molar-refractivity contribution in [2.24, 2.45) is 0 Å². The monoisotopic (exact) mass is 311 g/mol. The Kier molecular flexibility index (Phi) is 3.56. The summed E-state index contributed by atoms with van der Waals surface area (Å²) >= 11 is 0. The highest BCUT2D eigenvalue weighted by Crippen LogP contribution is 2.31. The molecule has 0 radical (unpaired) electrons. The summed E-state index contributed by atoms with van der Waals surface area (Å²) < 4.78 is 5.85. The normalized spacial score (nSPS) is 23.4. The maximum absolute atomic E-state index is 12.8. The number of carbonyl (C=O) groups is 1. The van der Waals surface area contributed by atoms with Crippen LogP contribution in [-0.2, 0) is 11.2 Å². The number of benzene rings is 1. The molecular formula is C18H21N3O2. The molecule has 0 aliphatic carbocycles. The first kappa shape index (κ1) is 14.3. The van der Waals surface area contributed by atoms with Crippen LogP contribution in [0.2, 0.25) is 0 Å². The minimum Gasteiger partial charge on any atom is -0.480 e. The van der Waals surface area contributed by atoms with E-state index in [1.54, 1.807) is 0 Å². The molecule has 1 saturated heterocycles. The molecule has 4 rings (SSSR count). The second kappa shape index (κ2) is 5.72. The SMILES string of the molecule is Cc1cc(C2CCCN(C(=O)C3Cc4ccccc4O3)C2)n[nH]1. The van der Waals surface area contributed by atoms with Crippen molar-refractivity contribution in [2.45, 2.75) is 38.2 Å². The van der Waals surface area contributed by atoms with Crippen molar-refractivity contribution >= 4 is 5.91 Å².